The molecule has 0 bridgehead atoms. The van der Waals surface area contributed by atoms with Crippen molar-refractivity contribution in [2.45, 2.75) is 71.6 Å². The van der Waals surface area contributed by atoms with Gasteiger partial charge in [0.05, 0.1) is 0 Å². The van der Waals surface area contributed by atoms with Crippen molar-refractivity contribution in [2.24, 2.45) is 23.7 Å². The fraction of sp³-hybridized carbons (Fsp3) is 0.789. The van der Waals surface area contributed by atoms with Gasteiger partial charge < -0.3 is 0 Å². The summed E-state index contributed by atoms with van der Waals surface area (Å²) in [5.41, 5.74) is 2.83. The molecule has 0 saturated heterocycles. The third-order valence-corrected chi connectivity index (χ3v) is 5.75. The molecule has 0 aromatic rings. The lowest BCUT2D eigenvalue weighted by Crippen LogP contribution is -2.21. The van der Waals surface area contributed by atoms with Crippen LogP contribution in [0.2, 0.25) is 0 Å². The average molecular weight is 260 g/mol. The van der Waals surface area contributed by atoms with Crippen LogP contribution >= 0.6 is 0 Å². The Kier molecular flexibility index (Phi) is 5.30. The van der Waals surface area contributed by atoms with E-state index < -0.39 is 0 Å². The maximum absolute atomic E-state index is 4.14. The zero-order valence-corrected chi connectivity index (χ0v) is 13.1. The second kappa shape index (κ2) is 6.77. The fourth-order valence-electron chi connectivity index (χ4n) is 4.25. The molecule has 2 rings (SSSR count). The predicted molar refractivity (Wildman–Crippen MR) is 85.1 cm³/mol. The monoisotopic (exact) mass is 260 g/mol. The molecule has 2 saturated carbocycles. The van der Waals surface area contributed by atoms with Gasteiger partial charge in [0.15, 0.2) is 0 Å². The van der Waals surface area contributed by atoms with Gasteiger partial charge in [0.2, 0.25) is 0 Å². The maximum atomic E-state index is 4.14. The highest BCUT2D eigenvalue weighted by molar-refractivity contribution is 4.99. The Morgan fingerprint density at radius 1 is 0.684 bits per heavy atom. The summed E-state index contributed by atoms with van der Waals surface area (Å²) in [5.74, 6) is 3.69. The van der Waals surface area contributed by atoms with Crippen LogP contribution in [0.15, 0.2) is 24.3 Å². The molecule has 0 heteroatoms. The summed E-state index contributed by atoms with van der Waals surface area (Å²) in [7, 11) is 0. The van der Waals surface area contributed by atoms with Crippen LogP contribution in [-0.2, 0) is 0 Å². The van der Waals surface area contributed by atoms with Gasteiger partial charge in [0.1, 0.15) is 0 Å². The quantitative estimate of drug-likeness (QED) is 0.532. The van der Waals surface area contributed by atoms with Crippen LogP contribution in [0.5, 0.6) is 0 Å². The van der Waals surface area contributed by atoms with Crippen LogP contribution in [-0.4, -0.2) is 0 Å². The SMILES string of the molecule is C=C(C)C1CCC(CC2CCC(C(=C)C)CC2)CC1. The van der Waals surface area contributed by atoms with Crippen molar-refractivity contribution < 1.29 is 0 Å². The summed E-state index contributed by atoms with van der Waals surface area (Å²) in [6.45, 7) is 12.7. The molecule has 0 unspecified atom stereocenters. The summed E-state index contributed by atoms with van der Waals surface area (Å²) in [6, 6.07) is 0. The Labute approximate surface area is 120 Å². The number of hydrogen-bond acceptors (Lipinski definition) is 0. The molecular formula is C19H32. The van der Waals surface area contributed by atoms with E-state index in [1.165, 1.54) is 68.9 Å². The molecule has 0 amide bonds. The first-order valence-corrected chi connectivity index (χ1v) is 8.37. The molecular weight excluding hydrogens is 228 g/mol. The number of allylic oxidation sites excluding steroid dienone is 2. The molecule has 0 nitrogen and oxygen atoms in total. The highest BCUT2D eigenvalue weighted by Gasteiger charge is 2.27. The Balaban J connectivity index is 1.69. The maximum Gasteiger partial charge on any atom is -0.0208 e. The number of hydrogen-bond donors (Lipinski definition) is 0. The van der Waals surface area contributed by atoms with E-state index in [2.05, 4.69) is 27.0 Å². The molecule has 0 aromatic heterocycles. The van der Waals surface area contributed by atoms with E-state index in [0.717, 1.165) is 23.7 Å². The third kappa shape index (κ3) is 4.23. The van der Waals surface area contributed by atoms with Gasteiger partial charge in [-0.15, -0.1) is 0 Å². The average Bonchev–Trinajstić information content (AvgIpc) is 2.40. The minimum absolute atomic E-state index is 0.829. The predicted octanol–water partition coefficient (Wildman–Crippen LogP) is 6.14. The van der Waals surface area contributed by atoms with E-state index in [1.807, 2.05) is 0 Å². The Morgan fingerprint density at radius 2 is 1.00 bits per heavy atom. The second-order valence-electron chi connectivity index (χ2n) is 7.36. The van der Waals surface area contributed by atoms with E-state index in [4.69, 9.17) is 0 Å². The molecule has 108 valence electrons. The molecule has 0 atom stereocenters. The van der Waals surface area contributed by atoms with Crippen molar-refractivity contribution in [1.82, 2.24) is 0 Å². The molecule has 0 aliphatic heterocycles. The summed E-state index contributed by atoms with van der Waals surface area (Å²) in [5, 5.41) is 0. The largest absolute Gasteiger partial charge is 0.0999 e. The third-order valence-electron chi connectivity index (χ3n) is 5.75. The summed E-state index contributed by atoms with van der Waals surface area (Å²) in [6.07, 6.45) is 12.9. The van der Waals surface area contributed by atoms with Gasteiger partial charge in [-0.1, -0.05) is 24.3 Å². The van der Waals surface area contributed by atoms with Crippen LogP contribution in [0.25, 0.3) is 0 Å². The van der Waals surface area contributed by atoms with Gasteiger partial charge in [-0.2, -0.15) is 0 Å². The summed E-state index contributed by atoms with van der Waals surface area (Å²) in [4.78, 5) is 0. The molecule has 2 aliphatic rings. The minimum Gasteiger partial charge on any atom is -0.0999 e. The first-order valence-electron chi connectivity index (χ1n) is 8.37. The van der Waals surface area contributed by atoms with Gasteiger partial charge in [-0.25, -0.2) is 0 Å². The normalized spacial score (nSPS) is 35.9. The highest BCUT2D eigenvalue weighted by Crippen LogP contribution is 2.40. The zero-order valence-electron chi connectivity index (χ0n) is 13.1. The van der Waals surface area contributed by atoms with Crippen molar-refractivity contribution >= 4 is 0 Å². The van der Waals surface area contributed by atoms with E-state index in [0.29, 0.717) is 0 Å². The standard InChI is InChI=1S/C19H32/c1-14(2)18-9-5-16(6-10-18)13-17-7-11-19(12-8-17)15(3)4/h16-19H,1,3,5-13H2,2,4H3. The fourth-order valence-corrected chi connectivity index (χ4v) is 4.25. The van der Waals surface area contributed by atoms with Gasteiger partial charge in [-0.3, -0.25) is 0 Å². The minimum atomic E-state index is 0.829. The molecule has 0 N–H and O–H groups in total. The van der Waals surface area contributed by atoms with Crippen LogP contribution in [0.4, 0.5) is 0 Å². The first kappa shape index (κ1) is 14.9. The summed E-state index contributed by atoms with van der Waals surface area (Å²) >= 11 is 0. The molecule has 19 heavy (non-hydrogen) atoms. The van der Waals surface area contributed by atoms with Crippen LogP contribution < -0.4 is 0 Å². The molecule has 0 radical (unpaired) electrons. The Morgan fingerprint density at radius 3 is 1.26 bits per heavy atom. The van der Waals surface area contributed by atoms with Gasteiger partial charge in [0, 0.05) is 0 Å². The van der Waals surface area contributed by atoms with E-state index in [-0.39, 0.29) is 0 Å². The molecule has 0 spiro atoms. The topological polar surface area (TPSA) is 0 Å². The Hall–Kier alpha value is -0.520. The zero-order chi connectivity index (χ0) is 13.8. The molecule has 2 fully saturated rings. The number of rotatable bonds is 4. The molecule has 0 heterocycles. The van der Waals surface area contributed by atoms with Crippen molar-refractivity contribution in [1.29, 1.82) is 0 Å². The van der Waals surface area contributed by atoms with E-state index in [1.54, 1.807) is 0 Å². The Bertz CT molecular complexity index is 277. The van der Waals surface area contributed by atoms with Crippen LogP contribution in [0, 0.1) is 23.7 Å². The van der Waals surface area contributed by atoms with Crippen molar-refractivity contribution in [2.75, 3.05) is 0 Å². The molecule has 0 aromatic carbocycles. The smallest absolute Gasteiger partial charge is 0.0208 e. The second-order valence-corrected chi connectivity index (χ2v) is 7.36. The van der Waals surface area contributed by atoms with Gasteiger partial charge in [0.25, 0.3) is 0 Å². The lowest BCUT2D eigenvalue weighted by Gasteiger charge is -2.34. The van der Waals surface area contributed by atoms with Crippen LogP contribution in [0.1, 0.15) is 71.6 Å². The first-order chi connectivity index (χ1) is 9.06. The van der Waals surface area contributed by atoms with Crippen molar-refractivity contribution in [3.8, 4) is 0 Å². The van der Waals surface area contributed by atoms with E-state index in [9.17, 15) is 0 Å². The summed E-state index contributed by atoms with van der Waals surface area (Å²) < 4.78 is 0. The van der Waals surface area contributed by atoms with Crippen LogP contribution in [0.3, 0.4) is 0 Å². The van der Waals surface area contributed by atoms with Gasteiger partial charge in [-0.05, 0) is 95.3 Å². The van der Waals surface area contributed by atoms with Crippen molar-refractivity contribution in [3.05, 3.63) is 24.3 Å². The molecule has 2 aliphatic carbocycles. The van der Waals surface area contributed by atoms with Crippen molar-refractivity contribution in [3.63, 3.8) is 0 Å². The van der Waals surface area contributed by atoms with E-state index >= 15 is 0 Å². The lowest BCUT2D eigenvalue weighted by atomic mass is 9.71. The van der Waals surface area contributed by atoms with Gasteiger partial charge >= 0.3 is 0 Å². The highest BCUT2D eigenvalue weighted by atomic mass is 14.3. The lowest BCUT2D eigenvalue weighted by molar-refractivity contribution is 0.208.